The van der Waals surface area contributed by atoms with Crippen LogP contribution < -0.4 is 10.2 Å². The quantitative estimate of drug-likeness (QED) is 0.800. The first-order chi connectivity index (χ1) is 13.5. The molecule has 2 aromatic carbocycles. The number of amides is 2. The van der Waals surface area contributed by atoms with Crippen molar-refractivity contribution in [3.8, 4) is 0 Å². The zero-order valence-corrected chi connectivity index (χ0v) is 16.7. The molecule has 1 aliphatic carbocycles. The molecule has 28 heavy (non-hydrogen) atoms. The molecule has 5 nitrogen and oxygen atoms in total. The minimum atomic E-state index is -0.913. The summed E-state index contributed by atoms with van der Waals surface area (Å²) in [6.07, 6.45) is 1.21. The molecule has 6 heteroatoms. The predicted octanol–water partition coefficient (Wildman–Crippen LogP) is 3.72. The summed E-state index contributed by atoms with van der Waals surface area (Å²) in [6.45, 7) is 4.75. The molecule has 1 aliphatic heterocycles. The monoisotopic (exact) mass is 397 g/mol. The predicted molar refractivity (Wildman–Crippen MR) is 112 cm³/mol. The molecule has 0 bridgehead atoms. The van der Waals surface area contributed by atoms with Gasteiger partial charge in [-0.3, -0.25) is 9.59 Å². The van der Waals surface area contributed by atoms with Gasteiger partial charge in [-0.1, -0.05) is 35.9 Å². The Kier molecular flexibility index (Phi) is 5.02. The molecular formula is C22H24ClN3O2. The van der Waals surface area contributed by atoms with Gasteiger partial charge >= 0.3 is 0 Å². The van der Waals surface area contributed by atoms with Crippen molar-refractivity contribution in [3.05, 3.63) is 59.1 Å². The number of benzene rings is 2. The maximum atomic E-state index is 13.1. The third-order valence-electron chi connectivity index (χ3n) is 5.73. The summed E-state index contributed by atoms with van der Waals surface area (Å²) in [7, 11) is 0. The molecule has 0 radical (unpaired) electrons. The first-order valence-electron chi connectivity index (χ1n) is 9.67. The van der Waals surface area contributed by atoms with Gasteiger partial charge in [0.25, 0.3) is 0 Å². The molecule has 2 aromatic rings. The van der Waals surface area contributed by atoms with Crippen LogP contribution in [0.1, 0.15) is 18.4 Å². The number of hydrogen-bond donors (Lipinski definition) is 1. The fraction of sp³-hybridized carbons (Fsp3) is 0.364. The Hall–Kier alpha value is -2.53. The van der Waals surface area contributed by atoms with Crippen molar-refractivity contribution in [3.63, 3.8) is 0 Å². The highest BCUT2D eigenvalue weighted by molar-refractivity contribution is 6.31. The Balaban J connectivity index is 1.40. The van der Waals surface area contributed by atoms with Crippen molar-refractivity contribution in [1.82, 2.24) is 4.90 Å². The normalized spacial score (nSPS) is 17.9. The first kappa shape index (κ1) is 18.8. The van der Waals surface area contributed by atoms with Gasteiger partial charge in [-0.25, -0.2) is 0 Å². The van der Waals surface area contributed by atoms with Crippen LogP contribution in [0.5, 0.6) is 0 Å². The summed E-state index contributed by atoms with van der Waals surface area (Å²) in [4.78, 5) is 30.2. The fourth-order valence-corrected chi connectivity index (χ4v) is 3.92. The SMILES string of the molecule is Cc1ccc(Cl)cc1NC(=O)C1(C(=O)N2CCN(c3ccccc3)CC2)CC1. The van der Waals surface area contributed by atoms with E-state index in [-0.39, 0.29) is 11.8 Å². The maximum absolute atomic E-state index is 13.1. The number of carbonyl (C=O) groups is 2. The van der Waals surface area contributed by atoms with Crippen molar-refractivity contribution in [2.45, 2.75) is 19.8 Å². The maximum Gasteiger partial charge on any atom is 0.240 e. The van der Waals surface area contributed by atoms with Crippen molar-refractivity contribution < 1.29 is 9.59 Å². The van der Waals surface area contributed by atoms with Crippen LogP contribution in [-0.2, 0) is 9.59 Å². The lowest BCUT2D eigenvalue weighted by Gasteiger charge is -2.37. The zero-order valence-electron chi connectivity index (χ0n) is 16.0. The van der Waals surface area contributed by atoms with Gasteiger partial charge in [0.15, 0.2) is 0 Å². The number of carbonyl (C=O) groups excluding carboxylic acids is 2. The molecule has 0 unspecified atom stereocenters. The number of aryl methyl sites for hydroxylation is 1. The van der Waals surface area contributed by atoms with Crippen LogP contribution in [0.3, 0.4) is 0 Å². The van der Waals surface area contributed by atoms with E-state index in [0.717, 1.165) is 18.7 Å². The van der Waals surface area contributed by atoms with E-state index >= 15 is 0 Å². The van der Waals surface area contributed by atoms with Crippen molar-refractivity contribution >= 4 is 34.8 Å². The van der Waals surface area contributed by atoms with E-state index in [1.54, 1.807) is 12.1 Å². The van der Waals surface area contributed by atoms with Crippen molar-refractivity contribution in [2.24, 2.45) is 5.41 Å². The number of nitrogens with one attached hydrogen (secondary N) is 1. The highest BCUT2D eigenvalue weighted by Crippen LogP contribution is 2.48. The molecule has 1 saturated carbocycles. The van der Waals surface area contributed by atoms with E-state index in [9.17, 15) is 9.59 Å². The van der Waals surface area contributed by atoms with Crippen molar-refractivity contribution in [1.29, 1.82) is 0 Å². The van der Waals surface area contributed by atoms with Gasteiger partial charge < -0.3 is 15.1 Å². The average Bonchev–Trinajstić information content (AvgIpc) is 3.53. The second-order valence-electron chi connectivity index (χ2n) is 7.61. The largest absolute Gasteiger partial charge is 0.368 e. The molecule has 2 fully saturated rings. The van der Waals surface area contributed by atoms with E-state index in [4.69, 9.17) is 11.6 Å². The molecule has 1 saturated heterocycles. The van der Waals surface area contributed by atoms with Gasteiger partial charge in [0.2, 0.25) is 11.8 Å². The number of halogens is 1. The Morgan fingerprint density at radius 1 is 1.00 bits per heavy atom. The summed E-state index contributed by atoms with van der Waals surface area (Å²) < 4.78 is 0. The Morgan fingerprint density at radius 3 is 2.32 bits per heavy atom. The van der Waals surface area contributed by atoms with Crippen LogP contribution in [0, 0.1) is 12.3 Å². The second-order valence-corrected chi connectivity index (χ2v) is 8.05. The third-order valence-corrected chi connectivity index (χ3v) is 5.97. The van der Waals surface area contributed by atoms with Crippen LogP contribution >= 0.6 is 11.6 Å². The molecular weight excluding hydrogens is 374 g/mol. The molecule has 1 heterocycles. The summed E-state index contributed by atoms with van der Waals surface area (Å²) in [6, 6.07) is 15.6. The highest BCUT2D eigenvalue weighted by atomic mass is 35.5. The summed E-state index contributed by atoms with van der Waals surface area (Å²) in [5.41, 5.74) is 1.86. The van der Waals surface area contributed by atoms with Crippen molar-refractivity contribution in [2.75, 3.05) is 36.4 Å². The Morgan fingerprint density at radius 2 is 1.68 bits per heavy atom. The van der Waals surface area contributed by atoms with Crippen LogP contribution in [0.4, 0.5) is 11.4 Å². The molecule has 0 atom stereocenters. The number of nitrogens with zero attached hydrogens (tertiary/aromatic N) is 2. The van der Waals surface area contributed by atoms with E-state index in [2.05, 4.69) is 22.3 Å². The minimum Gasteiger partial charge on any atom is -0.368 e. The first-order valence-corrected chi connectivity index (χ1v) is 10.0. The summed E-state index contributed by atoms with van der Waals surface area (Å²) in [5.74, 6) is -0.259. The number of piperazine rings is 1. The van der Waals surface area contributed by atoms with Gasteiger partial charge in [0, 0.05) is 42.6 Å². The lowest BCUT2D eigenvalue weighted by molar-refractivity contribution is -0.142. The lowest BCUT2D eigenvalue weighted by Crippen LogP contribution is -2.52. The number of anilines is 2. The summed E-state index contributed by atoms with van der Waals surface area (Å²) in [5, 5.41) is 3.49. The van der Waals surface area contributed by atoms with Gasteiger partial charge in [-0.15, -0.1) is 0 Å². The Bertz CT molecular complexity index is 888. The topological polar surface area (TPSA) is 52.7 Å². The highest BCUT2D eigenvalue weighted by Gasteiger charge is 2.58. The van der Waals surface area contributed by atoms with Gasteiger partial charge in [0.1, 0.15) is 5.41 Å². The number of hydrogen-bond acceptors (Lipinski definition) is 3. The van der Waals surface area contributed by atoms with Gasteiger partial charge in [0.05, 0.1) is 0 Å². The molecule has 0 aromatic heterocycles. The van der Waals surface area contributed by atoms with E-state index in [1.165, 1.54) is 5.69 Å². The number of para-hydroxylation sites is 1. The van der Waals surface area contributed by atoms with E-state index < -0.39 is 5.41 Å². The smallest absolute Gasteiger partial charge is 0.240 e. The van der Waals surface area contributed by atoms with Crippen LogP contribution in [-0.4, -0.2) is 42.9 Å². The molecule has 2 aliphatic rings. The second kappa shape index (κ2) is 7.47. The van der Waals surface area contributed by atoms with Crippen LogP contribution in [0.2, 0.25) is 5.02 Å². The molecule has 0 spiro atoms. The third kappa shape index (κ3) is 3.59. The zero-order chi connectivity index (χ0) is 19.7. The lowest BCUT2D eigenvalue weighted by atomic mass is 10.0. The fourth-order valence-electron chi connectivity index (χ4n) is 3.74. The standard InChI is InChI=1S/C22H24ClN3O2/c1-16-7-8-17(23)15-19(16)24-20(27)22(9-10-22)21(28)26-13-11-25(12-14-26)18-5-3-2-4-6-18/h2-8,15H,9-14H2,1H3,(H,24,27). The minimum absolute atomic E-state index is 0.0441. The average molecular weight is 398 g/mol. The van der Waals surface area contributed by atoms with Gasteiger partial charge in [-0.2, -0.15) is 0 Å². The summed E-state index contributed by atoms with van der Waals surface area (Å²) >= 11 is 6.05. The number of rotatable bonds is 4. The molecule has 2 amide bonds. The van der Waals surface area contributed by atoms with E-state index in [1.807, 2.05) is 36.1 Å². The van der Waals surface area contributed by atoms with Gasteiger partial charge in [-0.05, 0) is 49.6 Å². The van der Waals surface area contributed by atoms with Crippen LogP contribution in [0.25, 0.3) is 0 Å². The van der Waals surface area contributed by atoms with E-state index in [0.29, 0.717) is 36.6 Å². The molecule has 4 rings (SSSR count). The van der Waals surface area contributed by atoms with Crippen LogP contribution in [0.15, 0.2) is 48.5 Å². The molecule has 146 valence electrons. The molecule has 1 N–H and O–H groups in total. The Labute approximate surface area is 170 Å².